The van der Waals surface area contributed by atoms with E-state index in [4.69, 9.17) is 9.47 Å². The van der Waals surface area contributed by atoms with Crippen LogP contribution in [0.4, 0.5) is 0 Å². The molecule has 0 fully saturated rings. The van der Waals surface area contributed by atoms with Crippen LogP contribution in [0.5, 0.6) is 11.5 Å². The van der Waals surface area contributed by atoms with E-state index in [9.17, 15) is 14.7 Å². The number of unbranched alkanes of at least 4 members (excludes halogenated alkanes) is 4. The molecule has 0 aliphatic rings. The Morgan fingerprint density at radius 3 is 2.24 bits per heavy atom. The lowest BCUT2D eigenvalue weighted by Crippen LogP contribution is -2.06. The van der Waals surface area contributed by atoms with Crippen molar-refractivity contribution in [1.82, 2.24) is 0 Å². The second-order valence-corrected chi connectivity index (χ2v) is 6.91. The number of aromatic hydroxyl groups is 1. The summed E-state index contributed by atoms with van der Waals surface area (Å²) in [6.45, 7) is 6.14. The van der Waals surface area contributed by atoms with E-state index >= 15 is 0 Å². The third-order valence-electron chi connectivity index (χ3n) is 4.39. The van der Waals surface area contributed by atoms with Crippen LogP contribution in [0.25, 0.3) is 0 Å². The number of ketones is 1. The average molecular weight is 396 g/mol. The number of esters is 1. The van der Waals surface area contributed by atoms with E-state index < -0.39 is 0 Å². The summed E-state index contributed by atoms with van der Waals surface area (Å²) in [7, 11) is 0. The Morgan fingerprint density at radius 1 is 0.931 bits per heavy atom. The van der Waals surface area contributed by atoms with Crippen LogP contribution in [0.15, 0.2) is 60.7 Å². The molecule has 0 saturated heterocycles. The third kappa shape index (κ3) is 7.45. The van der Waals surface area contributed by atoms with Crippen molar-refractivity contribution in [2.45, 2.75) is 39.0 Å². The normalized spacial score (nSPS) is 10.4. The largest absolute Gasteiger partial charge is 0.507 e. The van der Waals surface area contributed by atoms with E-state index in [0.717, 1.165) is 32.1 Å². The fourth-order valence-corrected chi connectivity index (χ4v) is 2.75. The lowest BCUT2D eigenvalue weighted by Gasteiger charge is -2.09. The van der Waals surface area contributed by atoms with Crippen molar-refractivity contribution in [1.29, 1.82) is 0 Å². The Labute approximate surface area is 172 Å². The zero-order chi connectivity index (χ0) is 21.1. The van der Waals surface area contributed by atoms with Crippen molar-refractivity contribution < 1.29 is 24.2 Å². The maximum Gasteiger partial charge on any atom is 0.333 e. The summed E-state index contributed by atoms with van der Waals surface area (Å²) in [5, 5.41) is 10.2. The second-order valence-electron chi connectivity index (χ2n) is 6.91. The van der Waals surface area contributed by atoms with Crippen molar-refractivity contribution in [3.05, 3.63) is 71.8 Å². The molecular formula is C24H28O5. The number of benzene rings is 2. The number of carbonyl (C=O) groups excluding carboxylic acids is 2. The van der Waals surface area contributed by atoms with Gasteiger partial charge in [-0.2, -0.15) is 0 Å². The van der Waals surface area contributed by atoms with Crippen LogP contribution in [0, 0.1) is 0 Å². The standard InChI is InChI=1S/C24H28O5/c1-18(2)24(27)29-16-10-5-3-4-9-15-28-20-13-14-21(22(25)17-20)23(26)19-11-7-6-8-12-19/h6-8,11-14,17,25H,1,3-5,9-10,15-16H2,2H3. The molecule has 0 aromatic heterocycles. The number of hydrogen-bond acceptors (Lipinski definition) is 5. The van der Waals surface area contributed by atoms with Gasteiger partial charge in [-0.25, -0.2) is 4.79 Å². The molecule has 0 aliphatic heterocycles. The van der Waals surface area contributed by atoms with E-state index in [-0.39, 0.29) is 23.1 Å². The predicted molar refractivity (Wildman–Crippen MR) is 112 cm³/mol. The average Bonchev–Trinajstić information content (AvgIpc) is 2.72. The van der Waals surface area contributed by atoms with E-state index in [0.29, 0.717) is 30.1 Å². The number of phenolic OH excluding ortho intramolecular Hbond substituents is 1. The molecule has 0 spiro atoms. The van der Waals surface area contributed by atoms with E-state index in [1.54, 1.807) is 43.3 Å². The van der Waals surface area contributed by atoms with Crippen LogP contribution >= 0.6 is 0 Å². The molecule has 2 aromatic rings. The molecule has 0 atom stereocenters. The summed E-state index contributed by atoms with van der Waals surface area (Å²) in [5.41, 5.74) is 1.22. The number of hydrogen-bond donors (Lipinski definition) is 1. The highest BCUT2D eigenvalue weighted by atomic mass is 16.5. The number of phenols is 1. The maximum absolute atomic E-state index is 12.4. The van der Waals surface area contributed by atoms with Gasteiger partial charge in [-0.3, -0.25) is 4.79 Å². The fraction of sp³-hybridized carbons (Fsp3) is 0.333. The molecule has 5 nitrogen and oxygen atoms in total. The number of carbonyl (C=O) groups is 2. The Hall–Kier alpha value is -3.08. The topological polar surface area (TPSA) is 72.8 Å². The van der Waals surface area contributed by atoms with Crippen molar-refractivity contribution in [3.63, 3.8) is 0 Å². The molecular weight excluding hydrogens is 368 g/mol. The van der Waals surface area contributed by atoms with E-state index in [2.05, 4.69) is 6.58 Å². The van der Waals surface area contributed by atoms with Crippen molar-refractivity contribution in [3.8, 4) is 11.5 Å². The van der Waals surface area contributed by atoms with Gasteiger partial charge in [-0.05, 0) is 31.9 Å². The van der Waals surface area contributed by atoms with Crippen molar-refractivity contribution in [2.75, 3.05) is 13.2 Å². The van der Waals surface area contributed by atoms with Gasteiger partial charge < -0.3 is 14.6 Å². The van der Waals surface area contributed by atoms with Crippen molar-refractivity contribution >= 4 is 11.8 Å². The zero-order valence-electron chi connectivity index (χ0n) is 16.9. The first-order valence-corrected chi connectivity index (χ1v) is 9.87. The van der Waals surface area contributed by atoms with Gasteiger partial charge in [0, 0.05) is 17.2 Å². The van der Waals surface area contributed by atoms with E-state index in [1.165, 1.54) is 6.07 Å². The third-order valence-corrected chi connectivity index (χ3v) is 4.39. The minimum Gasteiger partial charge on any atom is -0.507 e. The molecule has 0 saturated carbocycles. The molecule has 5 heteroatoms. The molecule has 2 aromatic carbocycles. The molecule has 0 amide bonds. The molecule has 29 heavy (non-hydrogen) atoms. The minimum atomic E-state index is -0.335. The Kier molecular flexibility index (Phi) is 8.96. The van der Waals surface area contributed by atoms with Gasteiger partial charge in [0.1, 0.15) is 11.5 Å². The van der Waals surface area contributed by atoms with Gasteiger partial charge in [0.15, 0.2) is 5.78 Å². The van der Waals surface area contributed by atoms with Crippen molar-refractivity contribution in [2.24, 2.45) is 0 Å². The molecule has 0 bridgehead atoms. The molecule has 0 radical (unpaired) electrons. The van der Waals surface area contributed by atoms with Crippen LogP contribution in [0.1, 0.15) is 54.9 Å². The van der Waals surface area contributed by atoms with Crippen LogP contribution in [-0.2, 0) is 9.53 Å². The van der Waals surface area contributed by atoms with Crippen LogP contribution in [0.3, 0.4) is 0 Å². The molecule has 0 heterocycles. The molecule has 1 N–H and O–H groups in total. The summed E-state index contributed by atoms with van der Waals surface area (Å²) >= 11 is 0. The fourth-order valence-electron chi connectivity index (χ4n) is 2.75. The minimum absolute atomic E-state index is 0.0827. The molecule has 0 aliphatic carbocycles. The summed E-state index contributed by atoms with van der Waals surface area (Å²) in [5.74, 6) is -0.0961. The number of rotatable bonds is 12. The highest BCUT2D eigenvalue weighted by Gasteiger charge is 2.14. The van der Waals surface area contributed by atoms with Gasteiger partial charge in [0.05, 0.1) is 18.8 Å². The first kappa shape index (κ1) is 22.2. The molecule has 2 rings (SSSR count). The Balaban J connectivity index is 1.65. The first-order chi connectivity index (χ1) is 14.0. The summed E-state index contributed by atoms with van der Waals surface area (Å²) in [6, 6.07) is 13.6. The smallest absolute Gasteiger partial charge is 0.333 e. The monoisotopic (exact) mass is 396 g/mol. The first-order valence-electron chi connectivity index (χ1n) is 9.87. The van der Waals surface area contributed by atoms with Crippen LogP contribution in [0.2, 0.25) is 0 Å². The lowest BCUT2D eigenvalue weighted by atomic mass is 10.0. The van der Waals surface area contributed by atoms with E-state index in [1.807, 2.05) is 6.07 Å². The van der Waals surface area contributed by atoms with Crippen LogP contribution in [-0.4, -0.2) is 30.1 Å². The van der Waals surface area contributed by atoms with Gasteiger partial charge in [-0.1, -0.05) is 56.2 Å². The highest BCUT2D eigenvalue weighted by molar-refractivity contribution is 6.10. The summed E-state index contributed by atoms with van der Waals surface area (Å²) in [4.78, 5) is 23.7. The molecule has 154 valence electrons. The lowest BCUT2D eigenvalue weighted by molar-refractivity contribution is -0.139. The Bertz CT molecular complexity index is 826. The SMILES string of the molecule is C=C(C)C(=O)OCCCCCCCOc1ccc(C(=O)c2ccccc2)c(O)c1. The number of ether oxygens (including phenoxy) is 2. The Morgan fingerprint density at radius 2 is 1.59 bits per heavy atom. The highest BCUT2D eigenvalue weighted by Crippen LogP contribution is 2.26. The zero-order valence-corrected chi connectivity index (χ0v) is 16.9. The summed E-state index contributed by atoms with van der Waals surface area (Å²) in [6.07, 6.45) is 4.75. The molecule has 0 unspecified atom stereocenters. The van der Waals surface area contributed by atoms with Gasteiger partial charge in [-0.15, -0.1) is 0 Å². The summed E-state index contributed by atoms with van der Waals surface area (Å²) < 4.78 is 10.7. The van der Waals surface area contributed by atoms with Gasteiger partial charge in [0.2, 0.25) is 0 Å². The maximum atomic E-state index is 12.4. The second kappa shape index (κ2) is 11.7. The van der Waals surface area contributed by atoms with Gasteiger partial charge in [0.25, 0.3) is 0 Å². The quantitative estimate of drug-likeness (QED) is 0.235. The van der Waals surface area contributed by atoms with Gasteiger partial charge >= 0.3 is 5.97 Å². The van der Waals surface area contributed by atoms with Crippen LogP contribution < -0.4 is 4.74 Å². The predicted octanol–water partition coefficient (Wildman–Crippen LogP) is 5.07.